The molecule has 0 bridgehead atoms. The largest absolute Gasteiger partial charge is 0.331 e. The highest BCUT2D eigenvalue weighted by Gasteiger charge is 2.29. The van der Waals surface area contributed by atoms with Gasteiger partial charge in [0.1, 0.15) is 5.82 Å². The van der Waals surface area contributed by atoms with E-state index in [4.69, 9.17) is 0 Å². The van der Waals surface area contributed by atoms with Crippen LogP contribution in [0.4, 0.5) is 0 Å². The standard InChI is InChI=1S/C11H17N3O2S/c15-17(16)6-4-12-10(8-17)11-13-7-9-3-1-2-5-14(9)11/h7,10,12H,1-6,8H2. The molecule has 1 fully saturated rings. The highest BCUT2D eigenvalue weighted by molar-refractivity contribution is 7.91. The van der Waals surface area contributed by atoms with Crippen LogP contribution in [0, 0.1) is 0 Å². The molecule has 0 saturated carbocycles. The average molecular weight is 255 g/mol. The van der Waals surface area contributed by atoms with Crippen LogP contribution >= 0.6 is 0 Å². The molecule has 0 spiro atoms. The number of aromatic nitrogens is 2. The summed E-state index contributed by atoms with van der Waals surface area (Å²) < 4.78 is 25.5. The first-order valence-corrected chi connectivity index (χ1v) is 7.96. The summed E-state index contributed by atoms with van der Waals surface area (Å²) in [6.45, 7) is 1.51. The van der Waals surface area contributed by atoms with Crippen molar-refractivity contribution >= 4 is 9.84 Å². The summed E-state index contributed by atoms with van der Waals surface area (Å²) >= 11 is 0. The van der Waals surface area contributed by atoms with Gasteiger partial charge in [0.2, 0.25) is 0 Å². The number of aryl methyl sites for hydroxylation is 1. The van der Waals surface area contributed by atoms with Crippen molar-refractivity contribution in [2.75, 3.05) is 18.1 Å². The summed E-state index contributed by atoms with van der Waals surface area (Å²) in [7, 11) is -2.90. The third-order valence-corrected chi connectivity index (χ3v) is 5.24. The molecule has 17 heavy (non-hydrogen) atoms. The lowest BCUT2D eigenvalue weighted by atomic mass is 10.1. The smallest absolute Gasteiger partial charge is 0.153 e. The highest BCUT2D eigenvalue weighted by atomic mass is 32.2. The van der Waals surface area contributed by atoms with Crippen LogP contribution in [0.1, 0.15) is 30.4 Å². The van der Waals surface area contributed by atoms with E-state index in [0.29, 0.717) is 6.54 Å². The Kier molecular flexibility index (Phi) is 2.71. The van der Waals surface area contributed by atoms with Crippen LogP contribution in [-0.4, -0.2) is 36.0 Å². The zero-order valence-corrected chi connectivity index (χ0v) is 10.5. The van der Waals surface area contributed by atoms with Crippen molar-refractivity contribution < 1.29 is 8.42 Å². The SMILES string of the molecule is O=S1(=O)CCNC(c2ncc3n2CCCC3)C1. The van der Waals surface area contributed by atoms with Gasteiger partial charge in [-0.1, -0.05) is 0 Å². The quantitative estimate of drug-likeness (QED) is 0.783. The molecule has 5 nitrogen and oxygen atoms in total. The zero-order chi connectivity index (χ0) is 11.9. The van der Waals surface area contributed by atoms with Crippen LogP contribution in [0.2, 0.25) is 0 Å². The summed E-state index contributed by atoms with van der Waals surface area (Å²) in [5.74, 6) is 1.34. The summed E-state index contributed by atoms with van der Waals surface area (Å²) in [4.78, 5) is 4.42. The molecule has 0 amide bonds. The Labute approximate surface area is 101 Å². The van der Waals surface area contributed by atoms with Crippen LogP contribution in [0.5, 0.6) is 0 Å². The molecule has 1 aromatic rings. The third kappa shape index (κ3) is 2.11. The van der Waals surface area contributed by atoms with Crippen molar-refractivity contribution in [2.45, 2.75) is 31.8 Å². The Hall–Kier alpha value is -0.880. The molecule has 0 aliphatic carbocycles. The fourth-order valence-corrected chi connectivity index (χ4v) is 4.06. The van der Waals surface area contributed by atoms with Crippen molar-refractivity contribution in [1.29, 1.82) is 0 Å². The molecular formula is C11H17N3O2S. The predicted octanol–water partition coefficient (Wildman–Crippen LogP) is 0.278. The zero-order valence-electron chi connectivity index (χ0n) is 9.72. The van der Waals surface area contributed by atoms with Crippen molar-refractivity contribution in [2.24, 2.45) is 0 Å². The fraction of sp³-hybridized carbons (Fsp3) is 0.727. The Balaban J connectivity index is 1.91. The number of nitrogens with zero attached hydrogens (tertiary/aromatic N) is 2. The third-order valence-electron chi connectivity index (χ3n) is 3.57. The molecule has 3 rings (SSSR count). The first kappa shape index (κ1) is 11.2. The van der Waals surface area contributed by atoms with E-state index in [9.17, 15) is 8.42 Å². The van der Waals surface area contributed by atoms with Gasteiger partial charge in [0.15, 0.2) is 9.84 Å². The normalized spacial score (nSPS) is 27.6. The Morgan fingerprint density at radius 2 is 2.29 bits per heavy atom. The summed E-state index contributed by atoms with van der Waals surface area (Å²) in [5, 5.41) is 3.26. The molecule has 1 aromatic heterocycles. The van der Waals surface area contributed by atoms with E-state index in [1.165, 1.54) is 12.1 Å². The van der Waals surface area contributed by atoms with Crippen molar-refractivity contribution in [3.8, 4) is 0 Å². The van der Waals surface area contributed by atoms with Crippen LogP contribution in [0.3, 0.4) is 0 Å². The summed E-state index contributed by atoms with van der Waals surface area (Å²) in [5.41, 5.74) is 1.25. The van der Waals surface area contributed by atoms with E-state index in [2.05, 4.69) is 14.9 Å². The number of hydrogen-bond acceptors (Lipinski definition) is 4. The first-order valence-electron chi connectivity index (χ1n) is 6.14. The van der Waals surface area contributed by atoms with E-state index < -0.39 is 9.84 Å². The molecule has 1 N–H and O–H groups in total. The van der Waals surface area contributed by atoms with Gasteiger partial charge in [0.25, 0.3) is 0 Å². The Morgan fingerprint density at radius 1 is 1.41 bits per heavy atom. The number of sulfone groups is 1. The predicted molar refractivity (Wildman–Crippen MR) is 64.6 cm³/mol. The van der Waals surface area contributed by atoms with Gasteiger partial charge in [-0.15, -0.1) is 0 Å². The van der Waals surface area contributed by atoms with Gasteiger partial charge in [-0.25, -0.2) is 13.4 Å². The van der Waals surface area contributed by atoms with E-state index >= 15 is 0 Å². The van der Waals surface area contributed by atoms with Crippen LogP contribution in [0.25, 0.3) is 0 Å². The second-order valence-corrected chi connectivity index (χ2v) is 7.07. The molecular weight excluding hydrogens is 238 g/mol. The molecule has 94 valence electrons. The maximum absolute atomic E-state index is 11.6. The van der Waals surface area contributed by atoms with Gasteiger partial charge in [0.05, 0.1) is 17.5 Å². The monoisotopic (exact) mass is 255 g/mol. The lowest BCUT2D eigenvalue weighted by molar-refractivity contribution is 0.461. The van der Waals surface area contributed by atoms with E-state index in [0.717, 1.165) is 25.2 Å². The number of hydrogen-bond donors (Lipinski definition) is 1. The number of rotatable bonds is 1. The molecule has 3 heterocycles. The van der Waals surface area contributed by atoms with Crippen molar-refractivity contribution in [1.82, 2.24) is 14.9 Å². The van der Waals surface area contributed by atoms with Gasteiger partial charge >= 0.3 is 0 Å². The van der Waals surface area contributed by atoms with Crippen LogP contribution < -0.4 is 5.32 Å². The van der Waals surface area contributed by atoms with Crippen molar-refractivity contribution in [3.05, 3.63) is 17.7 Å². The number of imidazole rings is 1. The molecule has 0 aromatic carbocycles. The summed E-state index contributed by atoms with van der Waals surface area (Å²) in [6.07, 6.45) is 5.33. The van der Waals surface area contributed by atoms with Gasteiger partial charge in [-0.05, 0) is 19.3 Å². The first-order chi connectivity index (χ1) is 8.16. The van der Waals surface area contributed by atoms with E-state index in [1.807, 2.05) is 6.20 Å². The minimum absolute atomic E-state index is 0.124. The maximum Gasteiger partial charge on any atom is 0.153 e. The number of fused-ring (bicyclic) bond motifs is 1. The van der Waals surface area contributed by atoms with Crippen molar-refractivity contribution in [3.63, 3.8) is 0 Å². The van der Waals surface area contributed by atoms with E-state index in [-0.39, 0.29) is 17.5 Å². The maximum atomic E-state index is 11.6. The topological polar surface area (TPSA) is 64.0 Å². The lowest BCUT2D eigenvalue weighted by Gasteiger charge is -2.25. The molecule has 6 heteroatoms. The minimum atomic E-state index is -2.90. The number of nitrogens with one attached hydrogen (secondary N) is 1. The summed E-state index contributed by atoms with van der Waals surface area (Å²) in [6, 6.07) is -0.124. The molecule has 1 atom stereocenters. The Bertz CT molecular complexity index is 521. The molecule has 2 aliphatic heterocycles. The van der Waals surface area contributed by atoms with E-state index in [1.54, 1.807) is 0 Å². The lowest BCUT2D eigenvalue weighted by Crippen LogP contribution is -2.40. The molecule has 0 radical (unpaired) electrons. The van der Waals surface area contributed by atoms with Crippen LogP contribution in [-0.2, 0) is 22.8 Å². The second kappa shape index (κ2) is 4.10. The highest BCUT2D eigenvalue weighted by Crippen LogP contribution is 2.23. The Morgan fingerprint density at radius 3 is 3.12 bits per heavy atom. The molecule has 1 saturated heterocycles. The average Bonchev–Trinajstić information content (AvgIpc) is 2.71. The van der Waals surface area contributed by atoms with Crippen LogP contribution in [0.15, 0.2) is 6.20 Å². The van der Waals surface area contributed by atoms with Gasteiger partial charge in [0, 0.05) is 25.0 Å². The van der Waals surface area contributed by atoms with Gasteiger partial charge in [-0.2, -0.15) is 0 Å². The minimum Gasteiger partial charge on any atom is -0.331 e. The molecule has 2 aliphatic rings. The fourth-order valence-electron chi connectivity index (χ4n) is 2.69. The van der Waals surface area contributed by atoms with Gasteiger partial charge in [-0.3, -0.25) is 0 Å². The van der Waals surface area contributed by atoms with Gasteiger partial charge < -0.3 is 9.88 Å². The second-order valence-electron chi connectivity index (χ2n) is 4.84. The molecule has 1 unspecified atom stereocenters.